The van der Waals surface area contributed by atoms with Gasteiger partial charge in [0.1, 0.15) is 24.0 Å². The van der Waals surface area contributed by atoms with Crippen molar-refractivity contribution < 1.29 is 13.5 Å². The van der Waals surface area contributed by atoms with Gasteiger partial charge in [0.05, 0.1) is 0 Å². The zero-order chi connectivity index (χ0) is 14.3. The second-order valence-corrected chi connectivity index (χ2v) is 3.79. The van der Waals surface area contributed by atoms with Crippen LogP contribution >= 0.6 is 0 Å². The number of rotatable bonds is 3. The SMILES string of the molecule is CC.Cc1c(F)cc(OCc2ccccc2)cc1F. The lowest BCUT2D eigenvalue weighted by Crippen LogP contribution is -1.97. The summed E-state index contributed by atoms with van der Waals surface area (Å²) in [6.07, 6.45) is 0. The van der Waals surface area contributed by atoms with Crippen molar-refractivity contribution in [2.75, 3.05) is 0 Å². The van der Waals surface area contributed by atoms with Crippen LogP contribution in [0.1, 0.15) is 25.0 Å². The van der Waals surface area contributed by atoms with Gasteiger partial charge in [0.25, 0.3) is 0 Å². The monoisotopic (exact) mass is 264 g/mol. The molecule has 0 aliphatic carbocycles. The fraction of sp³-hybridized carbons (Fsp3) is 0.250. The van der Waals surface area contributed by atoms with E-state index in [1.54, 1.807) is 0 Å². The summed E-state index contributed by atoms with van der Waals surface area (Å²) in [4.78, 5) is 0. The molecule has 0 aliphatic rings. The van der Waals surface area contributed by atoms with Gasteiger partial charge in [-0.25, -0.2) is 8.78 Å². The minimum Gasteiger partial charge on any atom is -0.489 e. The van der Waals surface area contributed by atoms with E-state index in [9.17, 15) is 8.78 Å². The van der Waals surface area contributed by atoms with Crippen molar-refractivity contribution in [2.45, 2.75) is 27.4 Å². The Morgan fingerprint density at radius 3 is 2.00 bits per heavy atom. The lowest BCUT2D eigenvalue weighted by molar-refractivity contribution is 0.302. The van der Waals surface area contributed by atoms with Crippen LogP contribution < -0.4 is 4.74 Å². The summed E-state index contributed by atoms with van der Waals surface area (Å²) in [6, 6.07) is 11.8. The third kappa shape index (κ3) is 4.36. The van der Waals surface area contributed by atoms with Crippen molar-refractivity contribution in [1.29, 1.82) is 0 Å². The molecule has 2 rings (SSSR count). The molecule has 1 nitrogen and oxygen atoms in total. The summed E-state index contributed by atoms with van der Waals surface area (Å²) in [7, 11) is 0. The van der Waals surface area contributed by atoms with Gasteiger partial charge in [-0.05, 0) is 12.5 Å². The summed E-state index contributed by atoms with van der Waals surface area (Å²) in [5.41, 5.74) is 0.964. The third-order valence-corrected chi connectivity index (χ3v) is 2.50. The number of benzene rings is 2. The molecular weight excluding hydrogens is 246 g/mol. The molecule has 2 aromatic carbocycles. The Labute approximate surface area is 112 Å². The van der Waals surface area contributed by atoms with E-state index in [1.807, 2.05) is 44.2 Å². The Kier molecular flexibility index (Phi) is 6.00. The molecule has 0 saturated heterocycles. The molecule has 0 bridgehead atoms. The highest BCUT2D eigenvalue weighted by molar-refractivity contribution is 5.30. The Morgan fingerprint density at radius 1 is 0.947 bits per heavy atom. The predicted molar refractivity (Wildman–Crippen MR) is 73.2 cm³/mol. The van der Waals surface area contributed by atoms with E-state index in [0.717, 1.165) is 5.56 Å². The van der Waals surface area contributed by atoms with E-state index < -0.39 is 11.6 Å². The molecule has 0 N–H and O–H groups in total. The van der Waals surface area contributed by atoms with E-state index in [4.69, 9.17) is 4.74 Å². The van der Waals surface area contributed by atoms with Crippen molar-refractivity contribution in [3.05, 3.63) is 65.2 Å². The number of hydrogen-bond acceptors (Lipinski definition) is 1. The van der Waals surface area contributed by atoms with Gasteiger partial charge in [-0.1, -0.05) is 44.2 Å². The third-order valence-electron chi connectivity index (χ3n) is 2.50. The van der Waals surface area contributed by atoms with Crippen LogP contribution in [0.15, 0.2) is 42.5 Å². The molecule has 0 radical (unpaired) electrons. The molecule has 0 fully saturated rings. The van der Waals surface area contributed by atoms with Gasteiger partial charge < -0.3 is 4.74 Å². The van der Waals surface area contributed by atoms with Crippen molar-refractivity contribution in [2.24, 2.45) is 0 Å². The molecule has 0 spiro atoms. The first-order valence-corrected chi connectivity index (χ1v) is 6.29. The highest BCUT2D eigenvalue weighted by atomic mass is 19.1. The van der Waals surface area contributed by atoms with Crippen LogP contribution in [0.25, 0.3) is 0 Å². The average molecular weight is 264 g/mol. The summed E-state index contributed by atoms with van der Waals surface area (Å²) < 4.78 is 31.8. The number of hydrogen-bond donors (Lipinski definition) is 0. The zero-order valence-corrected chi connectivity index (χ0v) is 11.4. The van der Waals surface area contributed by atoms with E-state index in [-0.39, 0.29) is 11.3 Å². The van der Waals surface area contributed by atoms with E-state index in [2.05, 4.69) is 0 Å². The second kappa shape index (κ2) is 7.52. The van der Waals surface area contributed by atoms with Crippen molar-refractivity contribution in [3.63, 3.8) is 0 Å². The number of ether oxygens (including phenoxy) is 1. The minimum absolute atomic E-state index is 0.0112. The van der Waals surface area contributed by atoms with Crippen LogP contribution in [0.4, 0.5) is 8.78 Å². The van der Waals surface area contributed by atoms with Crippen LogP contribution in [-0.2, 0) is 6.61 Å². The van der Waals surface area contributed by atoms with Gasteiger partial charge in [0.2, 0.25) is 0 Å². The maximum atomic E-state index is 13.2. The molecular formula is C16H18F2O. The largest absolute Gasteiger partial charge is 0.489 e. The van der Waals surface area contributed by atoms with Crippen molar-refractivity contribution in [3.8, 4) is 5.75 Å². The molecule has 0 heterocycles. The topological polar surface area (TPSA) is 9.23 Å². The lowest BCUT2D eigenvalue weighted by atomic mass is 10.2. The maximum absolute atomic E-state index is 13.2. The standard InChI is InChI=1S/C14H12F2O.C2H6/c1-10-13(15)7-12(8-14(10)16)17-9-11-5-3-2-4-6-11;1-2/h2-8H,9H2,1H3;1-2H3. The van der Waals surface area contributed by atoms with Gasteiger partial charge in [-0.15, -0.1) is 0 Å². The number of halogens is 2. The quantitative estimate of drug-likeness (QED) is 0.767. The molecule has 0 unspecified atom stereocenters. The lowest BCUT2D eigenvalue weighted by Gasteiger charge is -2.08. The van der Waals surface area contributed by atoms with Crippen molar-refractivity contribution >= 4 is 0 Å². The highest BCUT2D eigenvalue weighted by Gasteiger charge is 2.07. The first-order valence-electron chi connectivity index (χ1n) is 6.29. The molecule has 0 aromatic heterocycles. The van der Waals surface area contributed by atoms with Crippen LogP contribution in [0.5, 0.6) is 5.75 Å². The molecule has 0 saturated carbocycles. The predicted octanol–water partition coefficient (Wildman–Crippen LogP) is 4.88. The smallest absolute Gasteiger partial charge is 0.132 e. The normalized spacial score (nSPS) is 9.53. The van der Waals surface area contributed by atoms with E-state index in [1.165, 1.54) is 19.1 Å². The van der Waals surface area contributed by atoms with Crippen LogP contribution in [0.2, 0.25) is 0 Å². The van der Waals surface area contributed by atoms with Crippen LogP contribution in [0.3, 0.4) is 0 Å². The average Bonchev–Trinajstić information content (AvgIpc) is 2.45. The highest BCUT2D eigenvalue weighted by Crippen LogP contribution is 2.20. The minimum atomic E-state index is -0.590. The van der Waals surface area contributed by atoms with Gasteiger partial charge >= 0.3 is 0 Å². The molecule has 2 aromatic rings. The van der Waals surface area contributed by atoms with Gasteiger partial charge in [0, 0.05) is 17.7 Å². The Hall–Kier alpha value is -1.90. The van der Waals surface area contributed by atoms with Gasteiger partial charge in [-0.3, -0.25) is 0 Å². The van der Waals surface area contributed by atoms with E-state index in [0.29, 0.717) is 6.61 Å². The van der Waals surface area contributed by atoms with Crippen LogP contribution in [0, 0.1) is 18.6 Å². The summed E-state index contributed by atoms with van der Waals surface area (Å²) >= 11 is 0. The molecule has 19 heavy (non-hydrogen) atoms. The van der Waals surface area contributed by atoms with Gasteiger partial charge in [0.15, 0.2) is 0 Å². The summed E-state index contributed by atoms with van der Waals surface area (Å²) in [6.45, 7) is 5.69. The van der Waals surface area contributed by atoms with Gasteiger partial charge in [-0.2, -0.15) is 0 Å². The Morgan fingerprint density at radius 2 is 1.47 bits per heavy atom. The molecule has 0 atom stereocenters. The molecule has 3 heteroatoms. The van der Waals surface area contributed by atoms with Crippen LogP contribution in [-0.4, -0.2) is 0 Å². The van der Waals surface area contributed by atoms with Crippen molar-refractivity contribution in [1.82, 2.24) is 0 Å². The summed E-state index contributed by atoms with van der Waals surface area (Å²) in [5.74, 6) is -0.976. The first kappa shape index (κ1) is 15.2. The van der Waals surface area contributed by atoms with E-state index >= 15 is 0 Å². The summed E-state index contributed by atoms with van der Waals surface area (Å²) in [5, 5.41) is 0. The maximum Gasteiger partial charge on any atom is 0.132 e. The molecule has 0 amide bonds. The zero-order valence-electron chi connectivity index (χ0n) is 11.4. The fourth-order valence-corrected chi connectivity index (χ4v) is 1.45. The first-order chi connectivity index (χ1) is 9.16. The second-order valence-electron chi connectivity index (χ2n) is 3.79. The Bertz CT molecular complexity index is 486. The fourth-order valence-electron chi connectivity index (χ4n) is 1.45. The molecule has 102 valence electrons. The Balaban J connectivity index is 0.000000861. The molecule has 0 aliphatic heterocycles.